The zero-order valence-electron chi connectivity index (χ0n) is 21.8. The third-order valence-electron chi connectivity index (χ3n) is 6.41. The maximum Gasteiger partial charge on any atom is 0.264 e. The quantitative estimate of drug-likeness (QED) is 0.314. The number of aromatic nitrogens is 2. The highest BCUT2D eigenvalue weighted by Gasteiger charge is 2.22. The summed E-state index contributed by atoms with van der Waals surface area (Å²) in [5.41, 5.74) is 8.42. The minimum Gasteiger partial charge on any atom is -0.480 e. The van der Waals surface area contributed by atoms with Crippen LogP contribution in [0.15, 0.2) is 65.7 Å². The first-order valence-corrected chi connectivity index (χ1v) is 13.9. The normalized spacial score (nSPS) is 14.0. The van der Waals surface area contributed by atoms with Crippen LogP contribution in [-0.4, -0.2) is 62.6 Å². The molecule has 10 nitrogen and oxygen atoms in total. The van der Waals surface area contributed by atoms with E-state index in [4.69, 9.17) is 15.2 Å². The average molecular weight is 582 g/mol. The molecular weight excluding hydrogens is 556 g/mol. The number of anilines is 2. The molecule has 0 saturated carbocycles. The number of pyridine rings is 2. The molecule has 0 spiro atoms. The van der Waals surface area contributed by atoms with E-state index in [1.54, 1.807) is 29.2 Å². The lowest BCUT2D eigenvalue weighted by Gasteiger charge is -2.25. The molecule has 0 radical (unpaired) electrons. The summed E-state index contributed by atoms with van der Waals surface area (Å²) in [5.74, 6) is -2.10. The number of nitrogens with one attached hydrogen (secondary N) is 1. The lowest BCUT2D eigenvalue weighted by Crippen LogP contribution is -2.39. The van der Waals surface area contributed by atoms with E-state index in [2.05, 4.69) is 14.7 Å². The molecule has 0 bridgehead atoms. The van der Waals surface area contributed by atoms with Crippen molar-refractivity contribution in [2.75, 3.05) is 43.9 Å². The molecule has 1 aliphatic rings. The van der Waals surface area contributed by atoms with Gasteiger partial charge >= 0.3 is 0 Å². The number of hydrogen-bond acceptors (Lipinski definition) is 8. The Morgan fingerprint density at radius 3 is 2.61 bits per heavy atom. The monoisotopic (exact) mass is 581 g/mol. The van der Waals surface area contributed by atoms with Crippen molar-refractivity contribution in [3.8, 4) is 17.0 Å². The average Bonchev–Trinajstić information content (AvgIpc) is 2.95. The second kappa shape index (κ2) is 11.5. The maximum atomic E-state index is 14.2. The van der Waals surface area contributed by atoms with Gasteiger partial charge in [-0.3, -0.25) is 9.52 Å². The fourth-order valence-corrected chi connectivity index (χ4v) is 5.41. The van der Waals surface area contributed by atoms with Crippen LogP contribution in [0.1, 0.15) is 5.56 Å². The molecule has 3 heterocycles. The zero-order valence-corrected chi connectivity index (χ0v) is 22.6. The van der Waals surface area contributed by atoms with Crippen molar-refractivity contribution in [3.05, 3.63) is 78.0 Å². The number of nitrogens with zero attached hydrogens (tertiary/aromatic N) is 3. The molecule has 13 heteroatoms. The van der Waals surface area contributed by atoms with Gasteiger partial charge in [0.1, 0.15) is 28.0 Å². The number of carbonyl (C=O) groups is 1. The van der Waals surface area contributed by atoms with Gasteiger partial charge in [0.25, 0.3) is 10.0 Å². The second-order valence-electron chi connectivity index (χ2n) is 9.10. The number of rotatable bonds is 7. The standard InChI is InChI=1S/C28H25F2N5O5S/c1-39-28-24(34-41(37,38)25-6-5-21(29)15-22(25)30)14-20(16-32-28)17-2-3-18-12-19(27(31)33-23(18)13-17)4-7-26(36)35-8-10-40-11-9-35/h2-7,12-16,34H,8-11H2,1H3,(H2,31,33)/b7-4+. The van der Waals surface area contributed by atoms with E-state index in [-0.39, 0.29) is 23.3 Å². The van der Waals surface area contributed by atoms with Gasteiger partial charge in [-0.25, -0.2) is 27.2 Å². The molecular formula is C28H25F2N5O5S. The number of nitrogens with two attached hydrogens (primary N) is 1. The second-order valence-corrected chi connectivity index (χ2v) is 10.8. The van der Waals surface area contributed by atoms with Crippen LogP contribution >= 0.6 is 0 Å². The summed E-state index contributed by atoms with van der Waals surface area (Å²) < 4.78 is 66.0. The Hall–Kier alpha value is -4.62. The summed E-state index contributed by atoms with van der Waals surface area (Å²) in [6.45, 7) is 2.07. The summed E-state index contributed by atoms with van der Waals surface area (Å²) in [4.78, 5) is 22.1. The molecule has 0 aliphatic carbocycles. The molecule has 1 saturated heterocycles. The van der Waals surface area contributed by atoms with E-state index in [0.717, 1.165) is 17.5 Å². The lowest BCUT2D eigenvalue weighted by atomic mass is 10.0. The van der Waals surface area contributed by atoms with Gasteiger partial charge in [-0.05, 0) is 42.0 Å². The third-order valence-corrected chi connectivity index (χ3v) is 7.81. The van der Waals surface area contributed by atoms with Crippen molar-refractivity contribution < 1.29 is 31.5 Å². The number of morpholine rings is 1. The number of methoxy groups -OCH3 is 1. The van der Waals surface area contributed by atoms with Gasteiger partial charge in [0.05, 0.1) is 25.8 Å². The Balaban J connectivity index is 1.43. The van der Waals surface area contributed by atoms with Crippen molar-refractivity contribution in [1.29, 1.82) is 0 Å². The number of fused-ring (bicyclic) bond motifs is 1. The van der Waals surface area contributed by atoms with E-state index >= 15 is 0 Å². The molecule has 4 aromatic rings. The topological polar surface area (TPSA) is 137 Å². The molecule has 0 atom stereocenters. The van der Waals surface area contributed by atoms with E-state index in [1.807, 2.05) is 6.07 Å². The third kappa shape index (κ3) is 6.10. The Labute approximate surface area is 234 Å². The van der Waals surface area contributed by atoms with Crippen molar-refractivity contribution in [1.82, 2.24) is 14.9 Å². The Kier molecular flexibility index (Phi) is 7.81. The summed E-state index contributed by atoms with van der Waals surface area (Å²) in [6.07, 6.45) is 4.57. The van der Waals surface area contributed by atoms with Crippen LogP contribution in [0.3, 0.4) is 0 Å². The SMILES string of the molecule is COc1ncc(-c2ccc3cc(/C=C/C(=O)N4CCOCC4)c(N)nc3c2)cc1NS(=O)(=O)c1ccc(F)cc1F. The fraction of sp³-hybridized carbons (Fsp3) is 0.179. The number of halogens is 2. The first-order chi connectivity index (χ1) is 19.6. The maximum absolute atomic E-state index is 14.2. The van der Waals surface area contributed by atoms with Gasteiger partial charge in [0, 0.05) is 47.9 Å². The van der Waals surface area contributed by atoms with Crippen LogP contribution in [0, 0.1) is 11.6 Å². The van der Waals surface area contributed by atoms with Crippen molar-refractivity contribution >= 4 is 44.4 Å². The Bertz CT molecular complexity index is 1780. The van der Waals surface area contributed by atoms with E-state index in [0.29, 0.717) is 54.6 Å². The van der Waals surface area contributed by atoms with Crippen LogP contribution < -0.4 is 15.2 Å². The van der Waals surface area contributed by atoms with Crippen LogP contribution in [0.2, 0.25) is 0 Å². The summed E-state index contributed by atoms with van der Waals surface area (Å²) >= 11 is 0. The van der Waals surface area contributed by atoms with Gasteiger partial charge in [-0.15, -0.1) is 0 Å². The smallest absolute Gasteiger partial charge is 0.264 e. The van der Waals surface area contributed by atoms with Crippen molar-refractivity contribution in [3.63, 3.8) is 0 Å². The Morgan fingerprint density at radius 1 is 1.10 bits per heavy atom. The van der Waals surface area contributed by atoms with E-state index < -0.39 is 26.6 Å². The van der Waals surface area contributed by atoms with Gasteiger partial charge in [-0.1, -0.05) is 12.1 Å². The molecule has 5 rings (SSSR count). The molecule has 0 unspecified atom stereocenters. The minimum absolute atomic E-state index is 0.0493. The first kappa shape index (κ1) is 27.9. The van der Waals surface area contributed by atoms with Crippen LogP contribution in [-0.2, 0) is 19.6 Å². The molecule has 1 fully saturated rings. The number of amides is 1. The number of carbonyl (C=O) groups excluding carboxylic acids is 1. The van der Waals surface area contributed by atoms with Gasteiger partial charge < -0.3 is 20.1 Å². The van der Waals surface area contributed by atoms with Crippen molar-refractivity contribution in [2.24, 2.45) is 0 Å². The van der Waals surface area contributed by atoms with E-state index in [1.165, 1.54) is 25.4 Å². The molecule has 212 valence electrons. The largest absolute Gasteiger partial charge is 0.480 e. The van der Waals surface area contributed by atoms with E-state index in [9.17, 15) is 22.0 Å². The number of benzene rings is 2. The summed E-state index contributed by atoms with van der Waals surface area (Å²) in [7, 11) is -3.13. The highest BCUT2D eigenvalue weighted by molar-refractivity contribution is 7.92. The predicted molar refractivity (Wildman–Crippen MR) is 150 cm³/mol. The zero-order chi connectivity index (χ0) is 29.1. The number of nitrogen functional groups attached to an aromatic ring is 1. The molecule has 2 aromatic carbocycles. The Morgan fingerprint density at radius 2 is 1.88 bits per heavy atom. The van der Waals surface area contributed by atoms with Gasteiger partial charge in [-0.2, -0.15) is 0 Å². The van der Waals surface area contributed by atoms with Crippen LogP contribution in [0.25, 0.3) is 28.1 Å². The minimum atomic E-state index is -4.44. The van der Waals surface area contributed by atoms with Crippen molar-refractivity contribution in [2.45, 2.75) is 4.90 Å². The summed E-state index contributed by atoms with van der Waals surface area (Å²) in [6, 6.07) is 10.8. The van der Waals surface area contributed by atoms with Gasteiger partial charge in [0.15, 0.2) is 0 Å². The molecule has 3 N–H and O–H groups in total. The summed E-state index contributed by atoms with van der Waals surface area (Å²) in [5, 5.41) is 0.760. The number of hydrogen-bond donors (Lipinski definition) is 2. The van der Waals surface area contributed by atoms with Crippen LogP contribution in [0.4, 0.5) is 20.3 Å². The highest BCUT2D eigenvalue weighted by Crippen LogP contribution is 2.32. The number of sulfonamides is 1. The van der Waals surface area contributed by atoms with Gasteiger partial charge in [0.2, 0.25) is 11.8 Å². The lowest BCUT2D eigenvalue weighted by molar-refractivity contribution is -0.129. The van der Waals surface area contributed by atoms with Crippen LogP contribution in [0.5, 0.6) is 5.88 Å². The molecule has 1 aliphatic heterocycles. The molecule has 1 amide bonds. The molecule has 2 aromatic heterocycles. The molecule has 41 heavy (non-hydrogen) atoms. The first-order valence-electron chi connectivity index (χ1n) is 12.4. The highest BCUT2D eigenvalue weighted by atomic mass is 32.2. The fourth-order valence-electron chi connectivity index (χ4n) is 4.30. The predicted octanol–water partition coefficient (Wildman–Crippen LogP) is 3.84. The number of ether oxygens (including phenoxy) is 2.